The number of methoxy groups -OCH3 is 1. The summed E-state index contributed by atoms with van der Waals surface area (Å²) in [6, 6.07) is 5.67. The van der Waals surface area contributed by atoms with Crippen molar-refractivity contribution >= 4 is 11.6 Å². The van der Waals surface area contributed by atoms with Crippen LogP contribution in [-0.2, 0) is 4.74 Å². The fourth-order valence-electron chi connectivity index (χ4n) is 1.51. The molecule has 17 heavy (non-hydrogen) atoms. The molecule has 0 saturated heterocycles. The summed E-state index contributed by atoms with van der Waals surface area (Å²) in [5.41, 5.74) is 1.02. The summed E-state index contributed by atoms with van der Waals surface area (Å²) >= 11 is 5.97. The molecule has 0 bridgehead atoms. The van der Waals surface area contributed by atoms with Crippen LogP contribution in [0, 0.1) is 6.92 Å². The summed E-state index contributed by atoms with van der Waals surface area (Å²) in [4.78, 5) is 0. The zero-order valence-corrected chi connectivity index (χ0v) is 11.4. The van der Waals surface area contributed by atoms with Gasteiger partial charge in [-0.1, -0.05) is 18.5 Å². The molecule has 0 aliphatic carbocycles. The maximum atomic E-state index is 5.97. The Morgan fingerprint density at radius 1 is 1.41 bits per heavy atom. The quantitative estimate of drug-likeness (QED) is 0.815. The van der Waals surface area contributed by atoms with E-state index in [9.17, 15) is 0 Å². The van der Waals surface area contributed by atoms with Crippen molar-refractivity contribution in [1.82, 2.24) is 5.32 Å². The van der Waals surface area contributed by atoms with Gasteiger partial charge in [-0.05, 0) is 37.2 Å². The first-order valence-electron chi connectivity index (χ1n) is 5.79. The summed E-state index contributed by atoms with van der Waals surface area (Å²) < 4.78 is 11.0. The molecule has 1 aromatic carbocycles. The van der Waals surface area contributed by atoms with Crippen molar-refractivity contribution in [1.29, 1.82) is 0 Å². The van der Waals surface area contributed by atoms with E-state index in [0.29, 0.717) is 6.61 Å². The molecular formula is C13H20ClNO2. The molecule has 0 fully saturated rings. The van der Waals surface area contributed by atoms with E-state index < -0.39 is 0 Å². The number of aryl methyl sites for hydroxylation is 1. The highest BCUT2D eigenvalue weighted by atomic mass is 35.5. The lowest BCUT2D eigenvalue weighted by Gasteiger charge is -2.19. The maximum Gasteiger partial charge on any atom is 0.134 e. The van der Waals surface area contributed by atoms with Crippen LogP contribution in [0.4, 0.5) is 0 Å². The smallest absolute Gasteiger partial charge is 0.134 e. The normalized spacial score (nSPS) is 12.5. The lowest BCUT2D eigenvalue weighted by Crippen LogP contribution is -2.34. The minimum absolute atomic E-state index is 0.0144. The third-order valence-corrected chi connectivity index (χ3v) is 2.83. The van der Waals surface area contributed by atoms with E-state index in [2.05, 4.69) is 12.2 Å². The van der Waals surface area contributed by atoms with Gasteiger partial charge < -0.3 is 14.8 Å². The fourth-order valence-corrected chi connectivity index (χ4v) is 1.63. The van der Waals surface area contributed by atoms with Crippen molar-refractivity contribution < 1.29 is 9.47 Å². The van der Waals surface area contributed by atoms with E-state index in [1.807, 2.05) is 25.1 Å². The van der Waals surface area contributed by atoms with E-state index in [1.165, 1.54) is 0 Å². The largest absolute Gasteiger partial charge is 0.487 e. The van der Waals surface area contributed by atoms with Crippen LogP contribution < -0.4 is 10.1 Å². The highest BCUT2D eigenvalue weighted by Crippen LogP contribution is 2.21. The van der Waals surface area contributed by atoms with Crippen LogP contribution >= 0.6 is 11.6 Å². The SMILES string of the molecule is CCNCC(COC)Oc1ccc(Cl)c(C)c1. The van der Waals surface area contributed by atoms with Crippen molar-refractivity contribution in [2.75, 3.05) is 26.8 Å². The highest BCUT2D eigenvalue weighted by Gasteiger charge is 2.10. The van der Waals surface area contributed by atoms with Gasteiger partial charge in [-0.25, -0.2) is 0 Å². The Bertz CT molecular complexity index is 344. The average Bonchev–Trinajstić information content (AvgIpc) is 2.31. The summed E-state index contributed by atoms with van der Waals surface area (Å²) in [5, 5.41) is 4.01. The van der Waals surface area contributed by atoms with E-state index in [1.54, 1.807) is 7.11 Å². The number of halogens is 1. The van der Waals surface area contributed by atoms with E-state index in [0.717, 1.165) is 29.4 Å². The third-order valence-electron chi connectivity index (χ3n) is 2.41. The van der Waals surface area contributed by atoms with Crippen LogP contribution in [-0.4, -0.2) is 32.9 Å². The van der Waals surface area contributed by atoms with Gasteiger partial charge >= 0.3 is 0 Å². The summed E-state index contributed by atoms with van der Waals surface area (Å²) in [6.07, 6.45) is 0.0144. The van der Waals surface area contributed by atoms with E-state index in [-0.39, 0.29) is 6.10 Å². The molecular weight excluding hydrogens is 238 g/mol. The van der Waals surface area contributed by atoms with Crippen LogP contribution in [0.1, 0.15) is 12.5 Å². The van der Waals surface area contributed by atoms with Crippen LogP contribution in [0.2, 0.25) is 5.02 Å². The monoisotopic (exact) mass is 257 g/mol. The Kier molecular flexibility index (Phi) is 6.34. The van der Waals surface area contributed by atoms with Gasteiger partial charge in [-0.2, -0.15) is 0 Å². The average molecular weight is 258 g/mol. The van der Waals surface area contributed by atoms with Crippen molar-refractivity contribution in [3.63, 3.8) is 0 Å². The molecule has 1 N–H and O–H groups in total. The molecule has 1 rings (SSSR count). The van der Waals surface area contributed by atoms with Crippen molar-refractivity contribution in [2.24, 2.45) is 0 Å². The Morgan fingerprint density at radius 3 is 2.76 bits per heavy atom. The minimum atomic E-state index is 0.0144. The molecule has 0 aliphatic heterocycles. The van der Waals surface area contributed by atoms with Gasteiger partial charge in [0.25, 0.3) is 0 Å². The van der Waals surface area contributed by atoms with Crippen LogP contribution in [0.25, 0.3) is 0 Å². The van der Waals surface area contributed by atoms with Gasteiger partial charge in [0.15, 0.2) is 0 Å². The lowest BCUT2D eigenvalue weighted by atomic mass is 10.2. The Hall–Kier alpha value is -0.770. The second-order valence-electron chi connectivity index (χ2n) is 3.91. The predicted octanol–water partition coefficient (Wildman–Crippen LogP) is 2.65. The van der Waals surface area contributed by atoms with Crippen LogP contribution in [0.3, 0.4) is 0 Å². The number of benzene rings is 1. The number of hydrogen-bond acceptors (Lipinski definition) is 3. The Balaban J connectivity index is 2.61. The van der Waals surface area contributed by atoms with Gasteiger partial charge in [0.05, 0.1) is 6.61 Å². The molecule has 0 amide bonds. The molecule has 0 heterocycles. The zero-order chi connectivity index (χ0) is 12.7. The minimum Gasteiger partial charge on any atom is -0.487 e. The first-order valence-corrected chi connectivity index (χ1v) is 6.17. The molecule has 0 saturated carbocycles. The molecule has 1 aromatic rings. The molecule has 96 valence electrons. The molecule has 0 radical (unpaired) electrons. The standard InChI is InChI=1S/C13H20ClNO2/c1-4-15-8-12(9-16-3)17-11-5-6-13(14)10(2)7-11/h5-7,12,15H,4,8-9H2,1-3H3. The molecule has 4 heteroatoms. The van der Waals surface area contributed by atoms with E-state index >= 15 is 0 Å². The van der Waals surface area contributed by atoms with Crippen LogP contribution in [0.15, 0.2) is 18.2 Å². The first-order chi connectivity index (χ1) is 8.17. The molecule has 1 atom stereocenters. The van der Waals surface area contributed by atoms with Crippen molar-refractivity contribution in [3.8, 4) is 5.75 Å². The topological polar surface area (TPSA) is 30.5 Å². The zero-order valence-electron chi connectivity index (χ0n) is 10.6. The number of likely N-dealkylation sites (N-methyl/N-ethyl adjacent to an activating group) is 1. The van der Waals surface area contributed by atoms with Gasteiger partial charge in [0.1, 0.15) is 11.9 Å². The van der Waals surface area contributed by atoms with Gasteiger partial charge in [0, 0.05) is 18.7 Å². The van der Waals surface area contributed by atoms with Gasteiger partial charge in [-0.3, -0.25) is 0 Å². The first kappa shape index (κ1) is 14.3. The number of nitrogens with one attached hydrogen (secondary N) is 1. The van der Waals surface area contributed by atoms with Crippen molar-refractivity contribution in [3.05, 3.63) is 28.8 Å². The molecule has 1 unspecified atom stereocenters. The summed E-state index contributed by atoms with van der Waals surface area (Å²) in [6.45, 7) is 6.28. The van der Waals surface area contributed by atoms with Crippen LogP contribution in [0.5, 0.6) is 5.75 Å². The lowest BCUT2D eigenvalue weighted by molar-refractivity contribution is 0.0809. The summed E-state index contributed by atoms with van der Waals surface area (Å²) in [7, 11) is 1.68. The van der Waals surface area contributed by atoms with Gasteiger partial charge in [0.2, 0.25) is 0 Å². The summed E-state index contributed by atoms with van der Waals surface area (Å²) in [5.74, 6) is 0.826. The molecule has 3 nitrogen and oxygen atoms in total. The highest BCUT2D eigenvalue weighted by molar-refractivity contribution is 6.31. The second kappa shape index (κ2) is 7.54. The molecule has 0 aliphatic rings. The second-order valence-corrected chi connectivity index (χ2v) is 4.32. The number of rotatable bonds is 7. The molecule has 0 aromatic heterocycles. The fraction of sp³-hybridized carbons (Fsp3) is 0.538. The number of ether oxygens (including phenoxy) is 2. The Morgan fingerprint density at radius 2 is 2.18 bits per heavy atom. The van der Waals surface area contributed by atoms with E-state index in [4.69, 9.17) is 21.1 Å². The third kappa shape index (κ3) is 4.94. The molecule has 0 spiro atoms. The maximum absolute atomic E-state index is 5.97. The number of hydrogen-bond donors (Lipinski definition) is 1. The van der Waals surface area contributed by atoms with Gasteiger partial charge in [-0.15, -0.1) is 0 Å². The van der Waals surface area contributed by atoms with Crippen molar-refractivity contribution in [2.45, 2.75) is 20.0 Å². The predicted molar refractivity (Wildman–Crippen MR) is 71.0 cm³/mol. The Labute approximate surface area is 108 Å².